The molecular weight excluding hydrogens is 300 g/mol. The lowest BCUT2D eigenvalue weighted by atomic mass is 10.1. The van der Waals surface area contributed by atoms with Crippen molar-refractivity contribution in [1.29, 1.82) is 0 Å². The van der Waals surface area contributed by atoms with E-state index in [0.29, 0.717) is 5.56 Å². The first-order valence-corrected chi connectivity index (χ1v) is 8.26. The Morgan fingerprint density at radius 1 is 1.08 bits per heavy atom. The molecule has 0 heterocycles. The third kappa shape index (κ3) is 3.65. The van der Waals surface area contributed by atoms with Gasteiger partial charge in [0.1, 0.15) is 0 Å². The van der Waals surface area contributed by atoms with Crippen molar-refractivity contribution in [1.82, 2.24) is 10.6 Å². The summed E-state index contributed by atoms with van der Waals surface area (Å²) in [6.07, 6.45) is 1.89. The highest BCUT2D eigenvalue weighted by Gasteiger charge is 2.23. The fourth-order valence-corrected chi connectivity index (χ4v) is 3.32. The molecule has 0 bridgehead atoms. The second kappa shape index (κ2) is 6.87. The fraction of sp³-hybridized carbons (Fsp3) is 0.300. The molecule has 2 aromatic carbocycles. The molecule has 0 aromatic heterocycles. The average Bonchev–Trinajstić information content (AvgIpc) is 2.95. The summed E-state index contributed by atoms with van der Waals surface area (Å²) < 4.78 is 0. The van der Waals surface area contributed by atoms with Gasteiger partial charge in [0, 0.05) is 5.56 Å². The second-order valence-electron chi connectivity index (χ2n) is 6.42. The lowest BCUT2D eigenvalue weighted by Crippen LogP contribution is -2.38. The number of aryl methyl sites for hydroxylation is 3. The van der Waals surface area contributed by atoms with E-state index in [0.717, 1.165) is 24.0 Å². The van der Waals surface area contributed by atoms with Crippen LogP contribution in [0.4, 0.5) is 0 Å². The molecule has 2 aromatic rings. The molecule has 4 heteroatoms. The van der Waals surface area contributed by atoms with Crippen LogP contribution in [0.2, 0.25) is 0 Å². The van der Waals surface area contributed by atoms with Gasteiger partial charge in [0.15, 0.2) is 0 Å². The van der Waals surface area contributed by atoms with Crippen LogP contribution in [-0.4, -0.2) is 18.4 Å². The molecule has 1 aliphatic rings. The van der Waals surface area contributed by atoms with E-state index in [-0.39, 0.29) is 24.4 Å². The second-order valence-corrected chi connectivity index (χ2v) is 6.42. The summed E-state index contributed by atoms with van der Waals surface area (Å²) >= 11 is 0. The standard InChI is InChI=1S/C20H22N2O2/c1-13-9-14(2)11-16(10-13)20(24)21-12-19(23)22-18-8-7-15-5-3-4-6-17(15)18/h3-6,9-11,18H,7-8,12H2,1-2H3,(H,21,24)(H,22,23). The Bertz CT molecular complexity index is 763. The summed E-state index contributed by atoms with van der Waals surface area (Å²) in [5.41, 5.74) is 5.14. The van der Waals surface area contributed by atoms with Gasteiger partial charge in [-0.05, 0) is 49.9 Å². The number of nitrogens with one attached hydrogen (secondary N) is 2. The number of carbonyl (C=O) groups excluding carboxylic acids is 2. The fourth-order valence-electron chi connectivity index (χ4n) is 3.32. The molecule has 0 radical (unpaired) electrons. The van der Waals surface area contributed by atoms with Crippen LogP contribution in [0.5, 0.6) is 0 Å². The van der Waals surface area contributed by atoms with E-state index >= 15 is 0 Å². The molecular formula is C20H22N2O2. The van der Waals surface area contributed by atoms with Crippen molar-refractivity contribution < 1.29 is 9.59 Å². The third-order valence-electron chi connectivity index (χ3n) is 4.36. The Labute approximate surface area is 142 Å². The number of hydrogen-bond donors (Lipinski definition) is 2. The van der Waals surface area contributed by atoms with E-state index in [1.54, 1.807) is 0 Å². The van der Waals surface area contributed by atoms with Gasteiger partial charge >= 0.3 is 0 Å². The van der Waals surface area contributed by atoms with Gasteiger partial charge in [-0.15, -0.1) is 0 Å². The van der Waals surface area contributed by atoms with Gasteiger partial charge in [-0.1, -0.05) is 41.5 Å². The number of benzene rings is 2. The highest BCUT2D eigenvalue weighted by atomic mass is 16.2. The first kappa shape index (κ1) is 16.2. The van der Waals surface area contributed by atoms with Crippen molar-refractivity contribution in [2.24, 2.45) is 0 Å². The van der Waals surface area contributed by atoms with Crippen molar-refractivity contribution in [3.8, 4) is 0 Å². The van der Waals surface area contributed by atoms with Crippen molar-refractivity contribution >= 4 is 11.8 Å². The van der Waals surface area contributed by atoms with E-state index in [1.165, 1.54) is 11.1 Å². The van der Waals surface area contributed by atoms with Crippen molar-refractivity contribution in [2.75, 3.05) is 6.54 Å². The summed E-state index contributed by atoms with van der Waals surface area (Å²) in [6.45, 7) is 3.90. The summed E-state index contributed by atoms with van der Waals surface area (Å²) in [6, 6.07) is 13.9. The van der Waals surface area contributed by atoms with Crippen molar-refractivity contribution in [2.45, 2.75) is 32.7 Å². The monoisotopic (exact) mass is 322 g/mol. The largest absolute Gasteiger partial charge is 0.348 e. The molecule has 2 amide bonds. The molecule has 0 saturated heterocycles. The molecule has 0 saturated carbocycles. The van der Waals surface area contributed by atoms with Crippen LogP contribution in [-0.2, 0) is 11.2 Å². The molecule has 124 valence electrons. The topological polar surface area (TPSA) is 58.2 Å². The van der Waals surface area contributed by atoms with E-state index in [9.17, 15) is 9.59 Å². The number of amides is 2. The third-order valence-corrected chi connectivity index (χ3v) is 4.36. The molecule has 3 rings (SSSR count). The summed E-state index contributed by atoms with van der Waals surface area (Å²) in [5, 5.41) is 5.71. The zero-order valence-electron chi connectivity index (χ0n) is 14.1. The Balaban J connectivity index is 1.55. The number of hydrogen-bond acceptors (Lipinski definition) is 2. The maximum Gasteiger partial charge on any atom is 0.251 e. The lowest BCUT2D eigenvalue weighted by Gasteiger charge is -2.14. The number of fused-ring (bicyclic) bond motifs is 1. The van der Waals surface area contributed by atoms with Gasteiger partial charge in [-0.2, -0.15) is 0 Å². The minimum atomic E-state index is -0.219. The Morgan fingerprint density at radius 3 is 2.54 bits per heavy atom. The van der Waals surface area contributed by atoms with Gasteiger partial charge in [-0.25, -0.2) is 0 Å². The smallest absolute Gasteiger partial charge is 0.251 e. The van der Waals surface area contributed by atoms with Crippen LogP contribution in [0.1, 0.15) is 45.1 Å². The number of rotatable bonds is 4. The normalized spacial score (nSPS) is 15.7. The van der Waals surface area contributed by atoms with Crippen molar-refractivity contribution in [3.05, 3.63) is 70.3 Å². The molecule has 0 fully saturated rings. The first-order valence-electron chi connectivity index (χ1n) is 8.26. The highest BCUT2D eigenvalue weighted by molar-refractivity contribution is 5.96. The summed E-state index contributed by atoms with van der Waals surface area (Å²) in [4.78, 5) is 24.4. The molecule has 1 unspecified atom stereocenters. The van der Waals surface area contributed by atoms with Crippen LogP contribution < -0.4 is 10.6 Å². The maximum absolute atomic E-state index is 12.2. The molecule has 0 aliphatic heterocycles. The highest BCUT2D eigenvalue weighted by Crippen LogP contribution is 2.30. The molecule has 24 heavy (non-hydrogen) atoms. The Kier molecular flexibility index (Phi) is 4.65. The zero-order valence-corrected chi connectivity index (χ0v) is 14.1. The Morgan fingerprint density at radius 2 is 1.79 bits per heavy atom. The SMILES string of the molecule is Cc1cc(C)cc(C(=O)NCC(=O)NC2CCc3ccccc32)c1. The van der Waals surface area contributed by atoms with E-state index < -0.39 is 0 Å². The van der Waals surface area contributed by atoms with E-state index in [2.05, 4.69) is 22.8 Å². The zero-order chi connectivity index (χ0) is 17.1. The van der Waals surface area contributed by atoms with Crippen molar-refractivity contribution in [3.63, 3.8) is 0 Å². The van der Waals surface area contributed by atoms with E-state index in [4.69, 9.17) is 0 Å². The molecule has 4 nitrogen and oxygen atoms in total. The summed E-state index contributed by atoms with van der Waals surface area (Å²) in [5.74, 6) is -0.377. The van der Waals surface area contributed by atoms with Crippen LogP contribution in [0.3, 0.4) is 0 Å². The Hall–Kier alpha value is -2.62. The minimum Gasteiger partial charge on any atom is -0.348 e. The van der Waals surface area contributed by atoms with Crippen LogP contribution >= 0.6 is 0 Å². The molecule has 2 N–H and O–H groups in total. The minimum absolute atomic E-state index is 0.00943. The van der Waals surface area contributed by atoms with Crippen LogP contribution in [0.25, 0.3) is 0 Å². The van der Waals surface area contributed by atoms with Gasteiger partial charge in [0.05, 0.1) is 12.6 Å². The molecule has 1 atom stereocenters. The van der Waals surface area contributed by atoms with Gasteiger partial charge in [0.25, 0.3) is 5.91 Å². The number of carbonyl (C=O) groups is 2. The molecule has 1 aliphatic carbocycles. The first-order chi connectivity index (χ1) is 11.5. The summed E-state index contributed by atoms with van der Waals surface area (Å²) in [7, 11) is 0. The van der Waals surface area contributed by atoms with Gasteiger partial charge < -0.3 is 10.6 Å². The lowest BCUT2D eigenvalue weighted by molar-refractivity contribution is -0.120. The van der Waals surface area contributed by atoms with Gasteiger partial charge in [0.2, 0.25) is 5.91 Å². The predicted octanol–water partition coefficient (Wildman–Crippen LogP) is 2.84. The quantitative estimate of drug-likeness (QED) is 0.909. The van der Waals surface area contributed by atoms with E-state index in [1.807, 2.05) is 44.2 Å². The molecule has 0 spiro atoms. The van der Waals surface area contributed by atoms with Crippen LogP contribution in [0, 0.1) is 13.8 Å². The average molecular weight is 322 g/mol. The van der Waals surface area contributed by atoms with Gasteiger partial charge in [-0.3, -0.25) is 9.59 Å². The maximum atomic E-state index is 12.2. The predicted molar refractivity (Wildman–Crippen MR) is 93.9 cm³/mol. The van der Waals surface area contributed by atoms with Crippen LogP contribution in [0.15, 0.2) is 42.5 Å².